The Bertz CT molecular complexity index is 676. The topological polar surface area (TPSA) is 52.4 Å². The summed E-state index contributed by atoms with van der Waals surface area (Å²) in [6, 6.07) is 10.3. The summed E-state index contributed by atoms with van der Waals surface area (Å²) < 4.78 is 6.14. The van der Waals surface area contributed by atoms with Crippen molar-refractivity contribution in [2.24, 2.45) is 0 Å². The van der Waals surface area contributed by atoms with E-state index < -0.39 is 4.92 Å². The maximum Gasteiger partial charge on any atom is 0.283 e. The predicted molar refractivity (Wildman–Crippen MR) is 86.0 cm³/mol. The summed E-state index contributed by atoms with van der Waals surface area (Å²) in [5.41, 5.74) is 1.76. The third-order valence-corrected chi connectivity index (χ3v) is 4.33. The number of nitrogens with zero attached hydrogens (tertiary/aromatic N) is 1. The van der Waals surface area contributed by atoms with Crippen molar-refractivity contribution in [3.05, 3.63) is 67.1 Å². The zero-order valence-corrected chi connectivity index (χ0v) is 13.6. The Morgan fingerprint density at radius 2 is 2.05 bits per heavy atom. The Balaban J connectivity index is 2.17. The van der Waals surface area contributed by atoms with Crippen molar-refractivity contribution >= 4 is 33.2 Å². The van der Waals surface area contributed by atoms with Crippen molar-refractivity contribution in [1.82, 2.24) is 0 Å². The highest BCUT2D eigenvalue weighted by Gasteiger charge is 2.15. The second-order valence-corrected chi connectivity index (χ2v) is 5.60. The van der Waals surface area contributed by atoms with Crippen LogP contribution in [0, 0.1) is 10.1 Å². The molecule has 0 fully saturated rings. The van der Waals surface area contributed by atoms with E-state index in [2.05, 4.69) is 15.9 Å². The first-order chi connectivity index (χ1) is 10.0. The van der Waals surface area contributed by atoms with Crippen LogP contribution in [-0.4, -0.2) is 4.92 Å². The first-order valence-corrected chi connectivity index (χ1v) is 7.53. The van der Waals surface area contributed by atoms with Crippen LogP contribution in [0.25, 0.3) is 0 Å². The molecule has 0 heterocycles. The van der Waals surface area contributed by atoms with E-state index in [4.69, 9.17) is 16.3 Å². The van der Waals surface area contributed by atoms with Crippen LogP contribution < -0.4 is 4.74 Å². The Hall–Kier alpha value is -1.59. The van der Waals surface area contributed by atoms with E-state index in [0.29, 0.717) is 15.2 Å². The lowest BCUT2D eigenvalue weighted by atomic mass is 10.1. The van der Waals surface area contributed by atoms with E-state index in [1.165, 1.54) is 6.07 Å². The number of hydrogen-bond acceptors (Lipinski definition) is 3. The average molecular weight is 371 g/mol. The van der Waals surface area contributed by atoms with Crippen LogP contribution >= 0.6 is 27.5 Å². The van der Waals surface area contributed by atoms with Crippen molar-refractivity contribution in [2.45, 2.75) is 20.0 Å². The fourth-order valence-electron chi connectivity index (χ4n) is 1.89. The molecule has 0 saturated heterocycles. The van der Waals surface area contributed by atoms with Crippen LogP contribution in [-0.2, 0) is 13.0 Å². The molecule has 0 aliphatic carbocycles. The largest absolute Gasteiger partial charge is 0.489 e. The van der Waals surface area contributed by atoms with Gasteiger partial charge in [0.2, 0.25) is 0 Å². The number of aryl methyl sites for hydroxylation is 1. The molecular weight excluding hydrogens is 358 g/mol. The minimum atomic E-state index is -0.426. The molecule has 0 spiro atoms. The molecule has 0 amide bonds. The number of benzene rings is 2. The summed E-state index contributed by atoms with van der Waals surface area (Å²) in [4.78, 5) is 10.5. The number of ether oxygens (including phenoxy) is 1. The van der Waals surface area contributed by atoms with Gasteiger partial charge < -0.3 is 4.74 Å². The summed E-state index contributed by atoms with van der Waals surface area (Å²) in [5, 5.41) is 11.6. The van der Waals surface area contributed by atoms with Crippen LogP contribution in [0.2, 0.25) is 5.02 Å². The molecular formula is C15H13BrClNO3. The molecule has 0 aliphatic heterocycles. The normalized spacial score (nSPS) is 10.4. The molecule has 0 bridgehead atoms. The smallest absolute Gasteiger partial charge is 0.283 e. The highest BCUT2D eigenvalue weighted by atomic mass is 79.9. The minimum Gasteiger partial charge on any atom is -0.489 e. The van der Waals surface area contributed by atoms with Gasteiger partial charge in [-0.2, -0.15) is 0 Å². The van der Waals surface area contributed by atoms with Gasteiger partial charge in [0.15, 0.2) is 0 Å². The molecule has 0 unspecified atom stereocenters. The van der Waals surface area contributed by atoms with Crippen molar-refractivity contribution < 1.29 is 9.66 Å². The molecule has 2 aromatic carbocycles. The predicted octanol–water partition coefficient (Wildman–Crippen LogP) is 5.15. The molecule has 0 aromatic heterocycles. The Morgan fingerprint density at radius 1 is 1.29 bits per heavy atom. The lowest BCUT2D eigenvalue weighted by molar-refractivity contribution is -0.385. The minimum absolute atomic E-state index is 0.0291. The lowest BCUT2D eigenvalue weighted by Crippen LogP contribution is -1.99. The highest BCUT2D eigenvalue weighted by Crippen LogP contribution is 2.29. The van der Waals surface area contributed by atoms with Crippen molar-refractivity contribution in [3.8, 4) is 5.75 Å². The summed E-state index contributed by atoms with van der Waals surface area (Å²) in [7, 11) is 0. The van der Waals surface area contributed by atoms with Gasteiger partial charge in [0.25, 0.3) is 5.69 Å². The van der Waals surface area contributed by atoms with E-state index in [0.717, 1.165) is 17.5 Å². The number of nitro groups is 1. The van der Waals surface area contributed by atoms with Gasteiger partial charge in [0, 0.05) is 16.7 Å². The van der Waals surface area contributed by atoms with Crippen LogP contribution in [0.5, 0.6) is 5.75 Å². The summed E-state index contributed by atoms with van der Waals surface area (Å²) >= 11 is 9.31. The maximum atomic E-state index is 10.9. The van der Waals surface area contributed by atoms with E-state index >= 15 is 0 Å². The summed E-state index contributed by atoms with van der Waals surface area (Å²) in [5.74, 6) is 0.689. The van der Waals surface area contributed by atoms with Gasteiger partial charge in [-0.1, -0.05) is 30.7 Å². The molecule has 0 N–H and O–H groups in total. The van der Waals surface area contributed by atoms with Crippen LogP contribution in [0.4, 0.5) is 5.69 Å². The van der Waals surface area contributed by atoms with Gasteiger partial charge in [0.05, 0.1) is 4.92 Å². The molecule has 0 atom stereocenters. The highest BCUT2D eigenvalue weighted by molar-refractivity contribution is 9.10. The second kappa shape index (κ2) is 6.91. The summed E-state index contributed by atoms with van der Waals surface area (Å²) in [6.45, 7) is 2.26. The van der Waals surface area contributed by atoms with E-state index in [-0.39, 0.29) is 12.3 Å². The van der Waals surface area contributed by atoms with Gasteiger partial charge in [-0.05, 0) is 46.1 Å². The van der Waals surface area contributed by atoms with Gasteiger partial charge in [-0.25, -0.2) is 0 Å². The molecule has 0 radical (unpaired) electrons. The van der Waals surface area contributed by atoms with Gasteiger partial charge >= 0.3 is 0 Å². The van der Waals surface area contributed by atoms with E-state index in [1.807, 2.05) is 13.0 Å². The Morgan fingerprint density at radius 3 is 2.71 bits per heavy atom. The first kappa shape index (κ1) is 15.8. The third-order valence-electron chi connectivity index (χ3n) is 3.05. The molecule has 0 aliphatic rings. The number of hydrogen-bond donors (Lipinski definition) is 0. The van der Waals surface area contributed by atoms with Crippen molar-refractivity contribution in [1.29, 1.82) is 0 Å². The van der Waals surface area contributed by atoms with Crippen molar-refractivity contribution in [2.75, 3.05) is 0 Å². The monoisotopic (exact) mass is 369 g/mol. The quantitative estimate of drug-likeness (QED) is 0.540. The van der Waals surface area contributed by atoms with Crippen molar-refractivity contribution in [3.63, 3.8) is 0 Å². The molecule has 2 rings (SSSR count). The molecule has 21 heavy (non-hydrogen) atoms. The fraction of sp³-hybridized carbons (Fsp3) is 0.200. The number of rotatable bonds is 5. The molecule has 6 heteroatoms. The molecule has 2 aromatic rings. The fourth-order valence-corrected chi connectivity index (χ4v) is 2.67. The zero-order valence-electron chi connectivity index (χ0n) is 11.3. The molecule has 110 valence electrons. The van der Waals surface area contributed by atoms with Crippen LogP contribution in [0.15, 0.2) is 40.9 Å². The maximum absolute atomic E-state index is 10.9. The average Bonchev–Trinajstić information content (AvgIpc) is 2.47. The van der Waals surface area contributed by atoms with Gasteiger partial charge in [0.1, 0.15) is 16.8 Å². The first-order valence-electron chi connectivity index (χ1n) is 6.36. The van der Waals surface area contributed by atoms with Crippen LogP contribution in [0.1, 0.15) is 18.1 Å². The molecule has 0 saturated carbocycles. The number of halogens is 2. The zero-order chi connectivity index (χ0) is 15.4. The standard InChI is InChI=1S/C15H13BrClNO3/c1-2-10-8-12(6-7-13(10)17)21-9-11-4-3-5-14(15(11)16)18(19)20/h3-8H,2,9H2,1H3. The van der Waals surface area contributed by atoms with E-state index in [9.17, 15) is 10.1 Å². The number of nitro benzene ring substituents is 1. The van der Waals surface area contributed by atoms with Gasteiger partial charge in [-0.3, -0.25) is 10.1 Å². The lowest BCUT2D eigenvalue weighted by Gasteiger charge is -2.10. The Kier molecular flexibility index (Phi) is 5.20. The third kappa shape index (κ3) is 3.74. The molecule has 4 nitrogen and oxygen atoms in total. The van der Waals surface area contributed by atoms with E-state index in [1.54, 1.807) is 24.3 Å². The Labute approximate surface area is 136 Å². The second-order valence-electron chi connectivity index (χ2n) is 4.40. The van der Waals surface area contributed by atoms with Gasteiger partial charge in [-0.15, -0.1) is 0 Å². The summed E-state index contributed by atoms with van der Waals surface area (Å²) in [6.07, 6.45) is 0.816. The van der Waals surface area contributed by atoms with Crippen LogP contribution in [0.3, 0.4) is 0 Å². The SMILES string of the molecule is CCc1cc(OCc2cccc([N+](=O)[O-])c2Br)ccc1Cl.